The molecule has 0 spiro atoms. The second-order valence-electron chi connectivity index (χ2n) is 12.4. The number of fused-ring (bicyclic) bond motifs is 1. The lowest BCUT2D eigenvalue weighted by Crippen LogP contribution is -2.55. The van der Waals surface area contributed by atoms with Crippen LogP contribution in [-0.2, 0) is 9.53 Å². The van der Waals surface area contributed by atoms with Crippen LogP contribution in [-0.4, -0.2) is 89.9 Å². The molecule has 41 heavy (non-hydrogen) atoms. The Morgan fingerprint density at radius 1 is 1.20 bits per heavy atom. The normalized spacial score (nSPS) is 19.1. The number of ether oxygens (including phenoxy) is 2. The van der Waals surface area contributed by atoms with Crippen molar-refractivity contribution in [3.8, 4) is 5.75 Å². The fraction of sp³-hybridized carbons (Fsp3) is 0.690. The van der Waals surface area contributed by atoms with Crippen LogP contribution in [0.1, 0.15) is 78.1 Å². The third-order valence-electron chi connectivity index (χ3n) is 6.95. The van der Waals surface area contributed by atoms with Crippen molar-refractivity contribution in [3.05, 3.63) is 23.8 Å². The summed E-state index contributed by atoms with van der Waals surface area (Å²) >= 11 is 0. The molecule has 9 nitrogen and oxygen atoms in total. The predicted molar refractivity (Wildman–Crippen MR) is 149 cm³/mol. The van der Waals surface area contributed by atoms with Gasteiger partial charge in [0.25, 0.3) is 11.8 Å². The molecule has 3 rings (SSSR count). The van der Waals surface area contributed by atoms with Crippen LogP contribution in [0.25, 0.3) is 0 Å². The number of rotatable bonds is 8. The molecule has 1 fully saturated rings. The summed E-state index contributed by atoms with van der Waals surface area (Å²) < 4.78 is 49.0. The van der Waals surface area contributed by atoms with E-state index < -0.39 is 29.9 Å². The molecule has 1 aromatic carbocycles. The molecule has 12 heteroatoms. The van der Waals surface area contributed by atoms with E-state index in [-0.39, 0.29) is 43.5 Å². The van der Waals surface area contributed by atoms with E-state index in [1.165, 1.54) is 4.90 Å². The van der Waals surface area contributed by atoms with E-state index in [9.17, 15) is 27.6 Å². The number of halogens is 3. The molecule has 0 radical (unpaired) electrons. The lowest BCUT2D eigenvalue weighted by atomic mass is 9.99. The average molecular weight is 585 g/mol. The first-order chi connectivity index (χ1) is 18.9. The molecule has 1 aromatic rings. The molecule has 1 saturated heterocycles. The van der Waals surface area contributed by atoms with E-state index in [0.717, 1.165) is 12.8 Å². The first-order valence-corrected chi connectivity index (χ1v) is 14.1. The van der Waals surface area contributed by atoms with Crippen molar-refractivity contribution in [3.63, 3.8) is 0 Å². The number of piperidine rings is 1. The van der Waals surface area contributed by atoms with E-state index >= 15 is 0 Å². The maximum Gasteiger partial charge on any atom is 0.410 e. The summed E-state index contributed by atoms with van der Waals surface area (Å²) in [5.41, 5.74) is -1.07. The first kappa shape index (κ1) is 32.5. The predicted octanol–water partition coefficient (Wildman–Crippen LogP) is 4.98. The van der Waals surface area contributed by atoms with Crippen molar-refractivity contribution in [2.24, 2.45) is 0 Å². The first-order valence-electron chi connectivity index (χ1n) is 14.1. The van der Waals surface area contributed by atoms with Crippen molar-refractivity contribution >= 4 is 23.6 Å². The largest absolute Gasteiger partial charge is 0.476 e. The summed E-state index contributed by atoms with van der Waals surface area (Å²) in [6.45, 7) is 13.4. The van der Waals surface area contributed by atoms with Gasteiger partial charge in [-0.3, -0.25) is 9.59 Å². The summed E-state index contributed by atoms with van der Waals surface area (Å²) in [4.78, 5) is 44.8. The number of nitrogens with one attached hydrogen (secondary N) is 1. The number of hydrogen-bond acceptors (Lipinski definition) is 6. The minimum Gasteiger partial charge on any atom is -0.476 e. The van der Waals surface area contributed by atoms with Gasteiger partial charge in [-0.1, -0.05) is 0 Å². The number of benzene rings is 1. The number of anilines is 1. The van der Waals surface area contributed by atoms with Crippen molar-refractivity contribution in [1.82, 2.24) is 15.1 Å². The zero-order chi connectivity index (χ0) is 30.8. The summed E-state index contributed by atoms with van der Waals surface area (Å²) in [7, 11) is 0. The van der Waals surface area contributed by atoms with Gasteiger partial charge in [-0.15, -0.1) is 0 Å². The molecule has 0 saturated carbocycles. The molecule has 0 aromatic heterocycles. The van der Waals surface area contributed by atoms with Gasteiger partial charge in [0.1, 0.15) is 11.4 Å². The Kier molecular flexibility index (Phi) is 9.88. The van der Waals surface area contributed by atoms with Crippen molar-refractivity contribution < 1.29 is 37.0 Å². The quantitative estimate of drug-likeness (QED) is 0.434. The third-order valence-corrected chi connectivity index (χ3v) is 6.95. The highest BCUT2D eigenvalue weighted by molar-refractivity contribution is 6.04. The third kappa shape index (κ3) is 8.50. The van der Waals surface area contributed by atoms with Gasteiger partial charge in [-0.05, 0) is 79.5 Å². The van der Waals surface area contributed by atoms with Crippen LogP contribution < -0.4 is 15.0 Å². The monoisotopic (exact) mass is 584 g/mol. The molecular weight excluding hydrogens is 541 g/mol. The molecule has 2 aliphatic heterocycles. The summed E-state index contributed by atoms with van der Waals surface area (Å²) in [5, 5.41) is 2.74. The van der Waals surface area contributed by atoms with Crippen molar-refractivity contribution in [1.29, 1.82) is 0 Å². The SMILES string of the molecule is CC(C)N(C(=O)c1ccc2c(c1)N(CCNCCC(F)(F)F)C(=O)C(C)(C)O2)[C@@H]1CCCN(C(=O)OC(C)(C)C)C1. The lowest BCUT2D eigenvalue weighted by molar-refractivity contribution is -0.134. The van der Waals surface area contributed by atoms with E-state index in [4.69, 9.17) is 9.47 Å². The van der Waals surface area contributed by atoms with Gasteiger partial charge in [-0.2, -0.15) is 13.2 Å². The summed E-state index contributed by atoms with van der Waals surface area (Å²) in [5.74, 6) is -0.195. The molecule has 1 N–H and O–H groups in total. The molecule has 1 atom stereocenters. The molecular formula is C29H43F3N4O5. The maximum absolute atomic E-state index is 13.9. The van der Waals surface area contributed by atoms with Gasteiger partial charge in [-0.25, -0.2) is 4.79 Å². The molecule has 2 aliphatic rings. The Morgan fingerprint density at radius 2 is 1.88 bits per heavy atom. The molecule has 0 bridgehead atoms. The highest BCUT2D eigenvalue weighted by Gasteiger charge is 2.41. The number of alkyl halides is 3. The summed E-state index contributed by atoms with van der Waals surface area (Å²) in [6.07, 6.45) is -4.21. The number of carbonyl (C=O) groups is 3. The Hall–Kier alpha value is -3.02. The Balaban J connectivity index is 1.82. The van der Waals surface area contributed by atoms with Crippen LogP contribution in [0, 0.1) is 0 Å². The zero-order valence-electron chi connectivity index (χ0n) is 25.1. The van der Waals surface area contributed by atoms with E-state index in [1.807, 2.05) is 34.6 Å². The highest BCUT2D eigenvalue weighted by Crippen LogP contribution is 2.39. The molecule has 0 aliphatic carbocycles. The number of hydrogen-bond donors (Lipinski definition) is 1. The van der Waals surface area contributed by atoms with Gasteiger partial charge in [0, 0.05) is 44.3 Å². The fourth-order valence-corrected chi connectivity index (χ4v) is 5.11. The molecule has 3 amide bonds. The van der Waals surface area contributed by atoms with Crippen LogP contribution in [0.3, 0.4) is 0 Å². The molecule has 230 valence electrons. The highest BCUT2D eigenvalue weighted by atomic mass is 19.4. The molecule has 0 unspecified atom stereocenters. The van der Waals surface area contributed by atoms with Gasteiger partial charge in [0.05, 0.1) is 18.2 Å². The van der Waals surface area contributed by atoms with E-state index in [0.29, 0.717) is 30.1 Å². The Labute approximate surface area is 240 Å². The van der Waals surface area contributed by atoms with Gasteiger partial charge < -0.3 is 29.5 Å². The average Bonchev–Trinajstić information content (AvgIpc) is 2.84. The van der Waals surface area contributed by atoms with Gasteiger partial charge >= 0.3 is 12.3 Å². The second kappa shape index (κ2) is 12.5. The van der Waals surface area contributed by atoms with Crippen molar-refractivity contribution in [2.45, 2.75) is 97.2 Å². The van der Waals surface area contributed by atoms with Gasteiger partial charge in [0.2, 0.25) is 0 Å². The Morgan fingerprint density at radius 3 is 2.49 bits per heavy atom. The summed E-state index contributed by atoms with van der Waals surface area (Å²) in [6, 6.07) is 4.49. The zero-order valence-corrected chi connectivity index (χ0v) is 25.1. The van der Waals surface area contributed by atoms with Crippen molar-refractivity contribution in [2.75, 3.05) is 37.6 Å². The minimum atomic E-state index is -4.27. The maximum atomic E-state index is 13.9. The minimum absolute atomic E-state index is 0.107. The standard InChI is InChI=1S/C29H43F3N4O5/c1-19(2)36(21-9-8-15-34(18-21)26(39)41-27(3,4)5)24(37)20-10-11-23-22(17-20)35(25(38)28(6,7)40-23)16-14-33-13-12-29(30,31)32/h10-11,17,19,21,33H,8-9,12-16,18H2,1-7H3/t21-/m1/s1. The van der Waals surface area contributed by atoms with Gasteiger partial charge in [0.15, 0.2) is 5.60 Å². The number of likely N-dealkylation sites (tertiary alicyclic amines) is 1. The van der Waals surface area contributed by atoms with Crippen LogP contribution >= 0.6 is 0 Å². The smallest absolute Gasteiger partial charge is 0.410 e. The Bertz CT molecular complexity index is 1120. The number of carbonyl (C=O) groups excluding carboxylic acids is 3. The molecule has 2 heterocycles. The number of nitrogens with zero attached hydrogens (tertiary/aromatic N) is 3. The van der Waals surface area contributed by atoms with Crippen LogP contribution in [0.5, 0.6) is 5.75 Å². The number of amides is 3. The van der Waals surface area contributed by atoms with Crippen LogP contribution in [0.2, 0.25) is 0 Å². The lowest BCUT2D eigenvalue weighted by Gasteiger charge is -2.42. The van der Waals surface area contributed by atoms with E-state index in [2.05, 4.69) is 5.32 Å². The fourth-order valence-electron chi connectivity index (χ4n) is 5.11. The van der Waals surface area contributed by atoms with Crippen LogP contribution in [0.15, 0.2) is 18.2 Å². The second-order valence-corrected chi connectivity index (χ2v) is 12.4. The van der Waals surface area contributed by atoms with Crippen LogP contribution in [0.4, 0.5) is 23.7 Å². The topological polar surface area (TPSA) is 91.4 Å². The van der Waals surface area contributed by atoms with E-state index in [1.54, 1.807) is 41.8 Å².